The lowest BCUT2D eigenvalue weighted by atomic mass is 11.0. The lowest BCUT2D eigenvalue weighted by Gasteiger charge is -2.08. The summed E-state index contributed by atoms with van der Waals surface area (Å²) in [5.74, 6) is -2.31. The van der Waals surface area contributed by atoms with Gasteiger partial charge in [-0.1, -0.05) is 0 Å². The van der Waals surface area contributed by atoms with Gasteiger partial charge in [-0.05, 0) is 0 Å². The van der Waals surface area contributed by atoms with E-state index in [1.54, 1.807) is 0 Å². The molecule has 0 fully saturated rings. The van der Waals surface area contributed by atoms with Gasteiger partial charge in [0.15, 0.2) is 0 Å². The summed E-state index contributed by atoms with van der Waals surface area (Å²) in [5, 5.41) is 0. The van der Waals surface area contributed by atoms with Gasteiger partial charge in [-0.3, -0.25) is 0 Å². The molecule has 10 heteroatoms. The molecule has 0 aliphatic heterocycles. The van der Waals surface area contributed by atoms with Gasteiger partial charge in [0, 0.05) is 67.8 Å². The van der Waals surface area contributed by atoms with E-state index in [9.17, 15) is 25.9 Å². The van der Waals surface area contributed by atoms with E-state index in [0.29, 0.717) is 0 Å². The number of rotatable bonds is 3. The van der Waals surface area contributed by atoms with E-state index < -0.39 is 31.7 Å². The van der Waals surface area contributed by atoms with Crippen molar-refractivity contribution in [2.75, 3.05) is 64.8 Å². The Hall–Kier alpha value is 0.680. The molecule has 0 aromatic heterocycles. The molecule has 6 nitrogen and oxygen atoms in total. The molecule has 0 aliphatic carbocycles. The molecule has 0 rings (SSSR count). The number of hydrogen-bond acceptors (Lipinski definition) is 6. The Labute approximate surface area is 125 Å². The van der Waals surface area contributed by atoms with Crippen LogP contribution in [-0.2, 0) is 20.2 Å². The highest BCUT2D eigenvalue weighted by atomic mass is 32.2. The Morgan fingerprint density at radius 2 is 0.700 bits per heavy atom. The molecule has 0 N–H and O–H groups in total. The van der Waals surface area contributed by atoms with Crippen LogP contribution in [0.1, 0.15) is 0 Å². The largest absolute Gasteiger partial charge is 0.748 e. The van der Waals surface area contributed by atoms with Crippen LogP contribution < -0.4 is 0 Å². The third-order valence-electron chi connectivity index (χ3n) is 0.583. The normalized spacial score (nSPS) is 12.7. The second-order valence-corrected chi connectivity index (χ2v) is 20.7. The summed E-state index contributed by atoms with van der Waals surface area (Å²) in [6.45, 7) is 18.4. The molecule has 0 saturated carbocycles. The molecule has 0 radical (unpaired) electrons. The minimum absolute atomic E-state index is 0.389. The van der Waals surface area contributed by atoms with Crippen molar-refractivity contribution in [2.45, 2.75) is 0 Å². The van der Waals surface area contributed by atoms with Crippen LogP contribution in [-0.4, -0.2) is 90.8 Å². The molecule has 0 amide bonds. The Bertz CT molecular complexity index is 387. The molecule has 0 aromatic carbocycles. The van der Waals surface area contributed by atoms with Crippen molar-refractivity contribution in [3.63, 3.8) is 0 Å². The van der Waals surface area contributed by atoms with Crippen LogP contribution in [0.5, 0.6) is 0 Å². The number of hydrogen-bond donors (Lipinski definition) is 0. The van der Waals surface area contributed by atoms with Crippen LogP contribution >= 0.6 is 14.5 Å². The lowest BCUT2D eigenvalue weighted by Crippen LogP contribution is -2.15. The molecule has 0 spiro atoms. The molecule has 126 valence electrons. The Morgan fingerprint density at radius 1 is 0.600 bits per heavy atom. The summed E-state index contributed by atoms with van der Waals surface area (Å²) in [6, 6.07) is 0. The fourth-order valence-corrected chi connectivity index (χ4v) is 1.84. The van der Waals surface area contributed by atoms with Crippen molar-refractivity contribution in [3.05, 3.63) is 0 Å². The molecule has 0 bridgehead atoms. The standard InChI is InChI=1S/2C4H12P.C2H6O6S2/c2*1-5(2,3)4;3-9(4,5)1-2-10(6,7)8/h2*1-4H3;1-2H2,(H,3,4,5)(H,6,7,8)/q2*+1;/p-2. The molecule has 0 unspecified atom stereocenters. The second-order valence-electron chi connectivity index (χ2n) is 6.89. The predicted octanol–water partition coefficient (Wildman–Crippen LogP) is 1.12. The van der Waals surface area contributed by atoms with Gasteiger partial charge in [-0.25, -0.2) is 16.8 Å². The fourth-order valence-electron chi connectivity index (χ4n) is 0.204. The maximum atomic E-state index is 9.72. The van der Waals surface area contributed by atoms with Gasteiger partial charge in [0.05, 0.1) is 31.7 Å². The van der Waals surface area contributed by atoms with Crippen LogP contribution in [0.15, 0.2) is 0 Å². The Morgan fingerprint density at radius 3 is 0.750 bits per heavy atom. The average molecular weight is 370 g/mol. The molecule has 0 heterocycles. The van der Waals surface area contributed by atoms with Crippen LogP contribution in [0.4, 0.5) is 0 Å². The molecular weight excluding hydrogens is 342 g/mol. The SMILES string of the molecule is C[P+](C)(C)C.C[P+](C)(C)C.O=S(=O)([O-])CCS(=O)(=O)[O-]. The van der Waals surface area contributed by atoms with E-state index in [1.165, 1.54) is 0 Å². The van der Waals surface area contributed by atoms with Crippen LogP contribution in [0.25, 0.3) is 0 Å². The van der Waals surface area contributed by atoms with E-state index >= 15 is 0 Å². The first-order valence-corrected chi connectivity index (χ1v) is 16.0. The third-order valence-corrected chi connectivity index (χ3v) is 2.25. The second kappa shape index (κ2) is 9.65. The first-order chi connectivity index (χ1) is 8.21. The molecule has 0 aromatic rings. The maximum absolute atomic E-state index is 9.72. The summed E-state index contributed by atoms with van der Waals surface area (Å²) in [6.07, 6.45) is 0. The Kier molecular flexibility index (Phi) is 12.4. The molecular formula is C10H28O6P2S2. The topological polar surface area (TPSA) is 114 Å². The van der Waals surface area contributed by atoms with E-state index in [0.717, 1.165) is 0 Å². The highest BCUT2D eigenvalue weighted by Crippen LogP contribution is 2.40. The van der Waals surface area contributed by atoms with Gasteiger partial charge in [0.2, 0.25) is 0 Å². The van der Waals surface area contributed by atoms with Gasteiger partial charge in [-0.15, -0.1) is 0 Å². The van der Waals surface area contributed by atoms with Crippen molar-refractivity contribution in [2.24, 2.45) is 0 Å². The summed E-state index contributed by atoms with van der Waals surface area (Å²) < 4.78 is 58.3. The smallest absolute Gasteiger partial charge is 0.0955 e. The quantitative estimate of drug-likeness (QED) is 0.543. The predicted molar refractivity (Wildman–Crippen MR) is 90.4 cm³/mol. The van der Waals surface area contributed by atoms with Gasteiger partial charge in [-0.2, -0.15) is 0 Å². The minimum atomic E-state index is -4.59. The summed E-state index contributed by atoms with van der Waals surface area (Å²) in [7, 11) is -9.95. The van der Waals surface area contributed by atoms with Gasteiger partial charge in [0.1, 0.15) is 0 Å². The lowest BCUT2D eigenvalue weighted by molar-refractivity contribution is 0.452. The molecule has 0 aliphatic rings. The Balaban J connectivity index is -0.000000244. The first kappa shape index (κ1) is 25.6. The van der Waals surface area contributed by atoms with E-state index in [1.807, 2.05) is 0 Å². The van der Waals surface area contributed by atoms with E-state index in [2.05, 4.69) is 53.3 Å². The van der Waals surface area contributed by atoms with Gasteiger partial charge in [0.25, 0.3) is 0 Å². The molecule has 0 atom stereocenters. The average Bonchev–Trinajstić information content (AvgIpc) is 1.90. The summed E-state index contributed by atoms with van der Waals surface area (Å²) in [4.78, 5) is 0. The fraction of sp³-hybridized carbons (Fsp3) is 1.00. The third kappa shape index (κ3) is 99.0. The van der Waals surface area contributed by atoms with Crippen molar-refractivity contribution in [1.82, 2.24) is 0 Å². The molecule has 20 heavy (non-hydrogen) atoms. The monoisotopic (exact) mass is 370 g/mol. The maximum Gasteiger partial charge on any atom is 0.0955 e. The highest BCUT2D eigenvalue weighted by Gasteiger charge is 2.03. The van der Waals surface area contributed by atoms with Crippen LogP contribution in [0.2, 0.25) is 0 Å². The van der Waals surface area contributed by atoms with Gasteiger partial charge < -0.3 is 9.11 Å². The zero-order valence-corrected chi connectivity index (χ0v) is 17.0. The first-order valence-electron chi connectivity index (χ1n) is 5.66. The van der Waals surface area contributed by atoms with E-state index in [-0.39, 0.29) is 14.5 Å². The highest BCUT2D eigenvalue weighted by molar-refractivity contribution is 7.89. The van der Waals surface area contributed by atoms with E-state index in [4.69, 9.17) is 0 Å². The summed E-state index contributed by atoms with van der Waals surface area (Å²) in [5.41, 5.74) is 0. The van der Waals surface area contributed by atoms with Crippen molar-refractivity contribution < 1.29 is 25.9 Å². The summed E-state index contributed by atoms with van der Waals surface area (Å²) >= 11 is 0. The van der Waals surface area contributed by atoms with Crippen molar-refractivity contribution in [3.8, 4) is 0 Å². The molecule has 0 saturated heterocycles. The zero-order chi connectivity index (χ0) is 17.4. The van der Waals surface area contributed by atoms with Crippen molar-refractivity contribution >= 4 is 34.8 Å². The van der Waals surface area contributed by atoms with Crippen molar-refractivity contribution in [1.29, 1.82) is 0 Å². The van der Waals surface area contributed by atoms with Crippen LogP contribution in [0, 0.1) is 0 Å². The van der Waals surface area contributed by atoms with Gasteiger partial charge >= 0.3 is 0 Å². The van der Waals surface area contributed by atoms with Crippen LogP contribution in [0.3, 0.4) is 0 Å². The minimum Gasteiger partial charge on any atom is -0.748 e. The zero-order valence-electron chi connectivity index (χ0n) is 13.6.